The van der Waals surface area contributed by atoms with E-state index in [1.807, 2.05) is 0 Å². The Hall–Kier alpha value is -1.32. The van der Waals surface area contributed by atoms with Crippen LogP contribution in [0.1, 0.15) is 0 Å². The van der Waals surface area contributed by atoms with Crippen molar-refractivity contribution in [3.05, 3.63) is 56.5 Å². The zero-order valence-corrected chi connectivity index (χ0v) is 20.8. The molecule has 158 valence electrons. The molecule has 0 aliphatic carbocycles. The Kier molecular flexibility index (Phi) is 18.4. The van der Waals surface area contributed by atoms with Crippen LogP contribution in [0.3, 0.4) is 0 Å². The van der Waals surface area contributed by atoms with Crippen LogP contribution in [-0.2, 0) is 40.0 Å². The summed E-state index contributed by atoms with van der Waals surface area (Å²) in [7, 11) is 0. The van der Waals surface area contributed by atoms with E-state index in [4.69, 9.17) is 66.1 Å². The van der Waals surface area contributed by atoms with Gasteiger partial charge in [-0.05, 0) is 36.4 Å². The third kappa shape index (κ3) is 13.5. The summed E-state index contributed by atoms with van der Waals surface area (Å²) in [5.74, 6) is -1.47. The van der Waals surface area contributed by atoms with Crippen LogP contribution in [0.25, 0.3) is 0 Å². The van der Waals surface area contributed by atoms with Crippen LogP contribution in [0.2, 0.25) is 20.1 Å². The van der Waals surface area contributed by atoms with Crippen molar-refractivity contribution < 1.29 is 59.7 Å². The molecule has 8 N–H and O–H groups in total. The molecule has 8 nitrogen and oxygen atoms in total. The minimum Gasteiger partial charge on any atom is -0.480 e. The van der Waals surface area contributed by atoms with Gasteiger partial charge < -0.3 is 30.6 Å². The van der Waals surface area contributed by atoms with E-state index in [9.17, 15) is 9.59 Å². The summed E-state index contributed by atoms with van der Waals surface area (Å²) >= 11 is 22.7. The molecule has 0 unspecified atom stereocenters. The Balaban J connectivity index is -0.000000422. The summed E-state index contributed by atoms with van der Waals surface area (Å²) in [5, 5.41) is 18.2. The van der Waals surface area contributed by atoms with Gasteiger partial charge in [0.2, 0.25) is 0 Å². The van der Waals surface area contributed by atoms with Crippen molar-refractivity contribution in [1.82, 2.24) is 0 Å². The van der Waals surface area contributed by atoms with Gasteiger partial charge in [-0.1, -0.05) is 46.4 Å². The summed E-state index contributed by atoms with van der Waals surface area (Å²) in [4.78, 5) is 20.3. The first-order valence-electron chi connectivity index (χ1n) is 6.78. The van der Waals surface area contributed by atoms with Crippen LogP contribution in [0.5, 0.6) is 11.5 Å². The number of aliphatic carboxylic acids is 2. The van der Waals surface area contributed by atoms with E-state index in [0.717, 1.165) is 0 Å². The van der Waals surface area contributed by atoms with Gasteiger partial charge in [-0.25, -0.2) is 9.59 Å². The van der Waals surface area contributed by atoms with E-state index in [0.29, 0.717) is 31.6 Å². The van der Waals surface area contributed by atoms with Gasteiger partial charge in [-0.3, -0.25) is 0 Å². The van der Waals surface area contributed by atoms with Crippen LogP contribution >= 0.6 is 46.4 Å². The smallest absolute Gasteiger partial charge is 0.341 e. The number of carboxylic acids is 2. The largest absolute Gasteiger partial charge is 0.480 e. The summed E-state index contributed by atoms with van der Waals surface area (Å²) in [6.07, 6.45) is 0. The minimum atomic E-state index is -1.05. The van der Waals surface area contributed by atoms with Gasteiger partial charge in [0.25, 0.3) is 0 Å². The molecule has 0 aliphatic heterocycles. The maximum Gasteiger partial charge on any atom is 0.341 e. The SMILES string of the molecule is O=C(O)COc1ccc(Cl)cc1Cl.O=C(O)COc1ccc(Cl)cc1Cl.[OH3+].[OH3+].[Zn]. The first kappa shape index (κ1) is 32.4. The molecule has 0 heterocycles. The van der Waals surface area contributed by atoms with Crippen molar-refractivity contribution in [3.63, 3.8) is 0 Å². The molecular weight excluding hydrogens is 527 g/mol. The summed E-state index contributed by atoms with van der Waals surface area (Å²) in [6.45, 7) is -0.831. The van der Waals surface area contributed by atoms with Crippen LogP contribution < -0.4 is 9.47 Å². The Morgan fingerprint density at radius 2 is 1.03 bits per heavy atom. The molecule has 0 bridgehead atoms. The average Bonchev–Trinajstić information content (AvgIpc) is 2.53. The summed E-state index contributed by atoms with van der Waals surface area (Å²) < 4.78 is 9.73. The van der Waals surface area contributed by atoms with Crippen LogP contribution in [0.4, 0.5) is 0 Å². The van der Waals surface area contributed by atoms with E-state index in [1.54, 1.807) is 12.1 Å². The first-order valence-corrected chi connectivity index (χ1v) is 8.29. The molecule has 0 saturated carbocycles. The van der Waals surface area contributed by atoms with Crippen LogP contribution in [0.15, 0.2) is 36.4 Å². The van der Waals surface area contributed by atoms with E-state index >= 15 is 0 Å². The second-order valence-electron chi connectivity index (χ2n) is 4.51. The van der Waals surface area contributed by atoms with Gasteiger partial charge in [0, 0.05) is 29.5 Å². The van der Waals surface area contributed by atoms with Crippen molar-refractivity contribution in [1.29, 1.82) is 0 Å². The molecule has 0 fully saturated rings. The molecule has 0 saturated heterocycles. The monoisotopic (exact) mass is 542 g/mol. The number of carboxylic acid groups (broad SMARTS) is 2. The van der Waals surface area contributed by atoms with Crippen molar-refractivity contribution >= 4 is 58.3 Å². The molecule has 0 aliphatic rings. The fourth-order valence-electron chi connectivity index (χ4n) is 1.46. The molecule has 2 aromatic rings. The van der Waals surface area contributed by atoms with Crippen molar-refractivity contribution in [2.75, 3.05) is 13.2 Å². The molecule has 0 atom stereocenters. The molecule has 0 amide bonds. The molecule has 2 rings (SSSR count). The molecule has 0 spiro atoms. The molecular formula is C16H18Cl4O8Zn+2. The number of carbonyl (C=O) groups is 2. The number of benzene rings is 2. The molecule has 2 aromatic carbocycles. The maximum atomic E-state index is 10.2. The number of hydrogen-bond acceptors (Lipinski definition) is 4. The van der Waals surface area contributed by atoms with Gasteiger partial charge in [-0.15, -0.1) is 0 Å². The fraction of sp³-hybridized carbons (Fsp3) is 0.125. The van der Waals surface area contributed by atoms with E-state index in [-0.39, 0.29) is 30.4 Å². The first-order chi connectivity index (χ1) is 12.2. The quantitative estimate of drug-likeness (QED) is 0.419. The topological polar surface area (TPSA) is 159 Å². The van der Waals surface area contributed by atoms with Crippen LogP contribution in [0, 0.1) is 0 Å². The zero-order chi connectivity index (χ0) is 19.7. The van der Waals surface area contributed by atoms with Crippen molar-refractivity contribution in [2.24, 2.45) is 0 Å². The Morgan fingerprint density at radius 3 is 1.28 bits per heavy atom. The van der Waals surface area contributed by atoms with Gasteiger partial charge in [0.15, 0.2) is 13.2 Å². The second-order valence-corrected chi connectivity index (χ2v) is 6.20. The number of halogens is 4. The number of ether oxygens (including phenoxy) is 2. The third-order valence-electron chi connectivity index (χ3n) is 2.49. The predicted octanol–water partition coefficient (Wildman–Crippen LogP) is 3.07. The fourth-order valence-corrected chi connectivity index (χ4v) is 2.39. The van der Waals surface area contributed by atoms with E-state index in [2.05, 4.69) is 0 Å². The number of hydrogen-bond donors (Lipinski definition) is 2. The van der Waals surface area contributed by atoms with Crippen LogP contribution in [-0.4, -0.2) is 35.4 Å². The Bertz CT molecular complexity index is 726. The summed E-state index contributed by atoms with van der Waals surface area (Å²) in [6, 6.07) is 9.16. The van der Waals surface area contributed by atoms with E-state index in [1.165, 1.54) is 24.3 Å². The second kappa shape index (κ2) is 16.5. The Labute approximate surface area is 198 Å². The van der Waals surface area contributed by atoms with E-state index < -0.39 is 25.2 Å². The van der Waals surface area contributed by atoms with Gasteiger partial charge in [0.1, 0.15) is 11.5 Å². The maximum absolute atomic E-state index is 10.2. The van der Waals surface area contributed by atoms with Gasteiger partial charge in [-0.2, -0.15) is 0 Å². The number of rotatable bonds is 6. The van der Waals surface area contributed by atoms with Gasteiger partial charge in [0.05, 0.1) is 10.0 Å². The minimum absolute atomic E-state index is 0. The molecule has 0 radical (unpaired) electrons. The average molecular weight is 546 g/mol. The van der Waals surface area contributed by atoms with Crippen molar-refractivity contribution in [3.8, 4) is 11.5 Å². The molecule has 0 aromatic heterocycles. The zero-order valence-electron chi connectivity index (χ0n) is 14.8. The Morgan fingerprint density at radius 1 is 0.724 bits per heavy atom. The predicted molar refractivity (Wildman–Crippen MR) is 109 cm³/mol. The van der Waals surface area contributed by atoms with Gasteiger partial charge >= 0.3 is 11.9 Å². The standard InChI is InChI=1S/2C8H6Cl2O3.2H2O.Zn/c2*9-5-1-2-7(6(10)3-5)13-4-8(11)12;;;/h2*1-3H,4H2,(H,11,12);2*1H2;/p+2. The molecule has 13 heteroatoms. The van der Waals surface area contributed by atoms with Crippen molar-refractivity contribution in [2.45, 2.75) is 0 Å². The third-order valence-corrected chi connectivity index (χ3v) is 3.55. The normalized spacial score (nSPS) is 8.69. The summed E-state index contributed by atoms with van der Waals surface area (Å²) in [5.41, 5.74) is 0. The molecule has 29 heavy (non-hydrogen) atoms.